The van der Waals surface area contributed by atoms with Crippen LogP contribution in [-0.2, 0) is 4.79 Å². The summed E-state index contributed by atoms with van der Waals surface area (Å²) in [5.41, 5.74) is 0. The van der Waals surface area contributed by atoms with Crippen LogP contribution >= 0.6 is 0 Å². The van der Waals surface area contributed by atoms with E-state index in [1.807, 2.05) is 0 Å². The molecule has 0 radical (unpaired) electrons. The van der Waals surface area contributed by atoms with Crippen molar-refractivity contribution in [3.8, 4) is 0 Å². The number of carbonyl (C=O) groups excluding carboxylic acids is 1. The first-order chi connectivity index (χ1) is 18.0. The highest BCUT2D eigenvalue weighted by molar-refractivity contribution is 5.80. The second-order valence-electron chi connectivity index (χ2n) is 10.4. The first kappa shape index (κ1) is 35.8. The van der Waals surface area contributed by atoms with Crippen LogP contribution in [0.5, 0.6) is 0 Å². The third kappa shape index (κ3) is 21.4. The Hall–Kier alpha value is -1.21. The number of hydrogen-bond donors (Lipinski definition) is 5. The molecule has 6 heteroatoms. The van der Waals surface area contributed by atoms with Crippen molar-refractivity contribution in [3.05, 3.63) is 24.3 Å². The molecule has 37 heavy (non-hydrogen) atoms. The van der Waals surface area contributed by atoms with Gasteiger partial charge in [0.2, 0.25) is 5.91 Å². The highest BCUT2D eigenvalue weighted by atomic mass is 16.3. The zero-order chi connectivity index (χ0) is 27.6. The van der Waals surface area contributed by atoms with Gasteiger partial charge in [0, 0.05) is 0 Å². The Labute approximate surface area is 227 Å². The maximum atomic E-state index is 12.3. The van der Waals surface area contributed by atoms with Crippen LogP contribution in [0.25, 0.3) is 0 Å². The number of aliphatic hydroxyl groups is 4. The number of carbonyl (C=O) groups is 1. The van der Waals surface area contributed by atoms with Crippen molar-refractivity contribution in [1.29, 1.82) is 0 Å². The van der Waals surface area contributed by atoms with Crippen LogP contribution in [0.1, 0.15) is 136 Å². The summed E-state index contributed by atoms with van der Waals surface area (Å²) in [5, 5.41) is 43.0. The van der Waals surface area contributed by atoms with Crippen molar-refractivity contribution < 1.29 is 25.2 Å². The lowest BCUT2D eigenvalue weighted by Gasteiger charge is -2.27. The van der Waals surface area contributed by atoms with Crippen molar-refractivity contribution in [2.45, 2.75) is 160 Å². The fourth-order valence-corrected chi connectivity index (χ4v) is 4.36. The first-order valence-electron chi connectivity index (χ1n) is 15.2. The molecule has 0 rings (SSSR count). The van der Waals surface area contributed by atoms with Crippen molar-refractivity contribution in [2.75, 3.05) is 6.61 Å². The number of amides is 1. The molecule has 0 heterocycles. The molecule has 0 aromatic rings. The van der Waals surface area contributed by atoms with Crippen LogP contribution in [0.15, 0.2) is 24.3 Å². The zero-order valence-corrected chi connectivity index (χ0v) is 24.0. The molecule has 1 amide bonds. The predicted octanol–water partition coefficient (Wildman–Crippen LogP) is 6.11. The molecule has 0 aromatic heterocycles. The molecule has 0 fully saturated rings. The Morgan fingerprint density at radius 2 is 1.14 bits per heavy atom. The summed E-state index contributed by atoms with van der Waals surface area (Å²) in [5.74, 6) is -0.605. The SMILES string of the molecule is CCCCCC/C=C/CC/C=C/CCCC(O)C(O)C(CO)NC(=O)C(O)CCCCCCCCCC. The van der Waals surface area contributed by atoms with Crippen LogP contribution in [0.3, 0.4) is 0 Å². The molecule has 0 saturated heterocycles. The van der Waals surface area contributed by atoms with E-state index in [2.05, 4.69) is 43.5 Å². The van der Waals surface area contributed by atoms with Gasteiger partial charge in [0.15, 0.2) is 0 Å². The van der Waals surface area contributed by atoms with Crippen molar-refractivity contribution in [3.63, 3.8) is 0 Å². The minimum Gasteiger partial charge on any atom is -0.394 e. The number of nitrogens with one attached hydrogen (secondary N) is 1. The highest BCUT2D eigenvalue weighted by Crippen LogP contribution is 2.13. The van der Waals surface area contributed by atoms with E-state index >= 15 is 0 Å². The Morgan fingerprint density at radius 3 is 1.70 bits per heavy atom. The lowest BCUT2D eigenvalue weighted by molar-refractivity contribution is -0.132. The van der Waals surface area contributed by atoms with E-state index in [1.165, 1.54) is 57.8 Å². The van der Waals surface area contributed by atoms with Gasteiger partial charge in [-0.2, -0.15) is 0 Å². The minimum atomic E-state index is -1.28. The third-order valence-electron chi connectivity index (χ3n) is 6.89. The van der Waals surface area contributed by atoms with E-state index in [0.29, 0.717) is 19.3 Å². The molecule has 5 N–H and O–H groups in total. The molecule has 4 atom stereocenters. The van der Waals surface area contributed by atoms with Gasteiger partial charge in [0.25, 0.3) is 0 Å². The summed E-state index contributed by atoms with van der Waals surface area (Å²) in [6, 6.07) is -1.000. The summed E-state index contributed by atoms with van der Waals surface area (Å²) in [7, 11) is 0. The van der Waals surface area contributed by atoms with Gasteiger partial charge in [0.1, 0.15) is 12.2 Å². The van der Waals surface area contributed by atoms with Crippen LogP contribution in [-0.4, -0.2) is 57.3 Å². The van der Waals surface area contributed by atoms with Gasteiger partial charge in [-0.1, -0.05) is 109 Å². The zero-order valence-electron chi connectivity index (χ0n) is 24.0. The Balaban J connectivity index is 4.01. The Morgan fingerprint density at radius 1 is 0.649 bits per heavy atom. The van der Waals surface area contributed by atoms with E-state index in [0.717, 1.165) is 44.9 Å². The van der Waals surface area contributed by atoms with Crippen molar-refractivity contribution in [1.82, 2.24) is 5.32 Å². The lowest BCUT2D eigenvalue weighted by Crippen LogP contribution is -2.53. The predicted molar refractivity (Wildman–Crippen MR) is 154 cm³/mol. The standard InChI is InChI=1S/C31H59NO5/c1-3-5-7-9-11-13-14-15-16-17-19-20-22-24-28(34)30(36)27(26-33)32-31(37)29(35)25-23-21-18-12-10-8-6-4-2/h13-14,17,19,27-30,33-36H,3-12,15-16,18,20-26H2,1-2H3,(H,32,37)/b14-13+,19-17+. The maximum Gasteiger partial charge on any atom is 0.249 e. The summed E-state index contributed by atoms with van der Waals surface area (Å²) in [4.78, 5) is 12.3. The fourth-order valence-electron chi connectivity index (χ4n) is 4.36. The molecule has 0 aliphatic rings. The Bertz CT molecular complexity index is 566. The van der Waals surface area contributed by atoms with Gasteiger partial charge in [-0.05, 0) is 51.4 Å². The van der Waals surface area contributed by atoms with Gasteiger partial charge in [-0.3, -0.25) is 4.79 Å². The van der Waals surface area contributed by atoms with Crippen molar-refractivity contribution in [2.24, 2.45) is 0 Å². The van der Waals surface area contributed by atoms with E-state index in [-0.39, 0.29) is 0 Å². The molecule has 0 bridgehead atoms. The summed E-state index contributed by atoms with van der Waals surface area (Å²) < 4.78 is 0. The summed E-state index contributed by atoms with van der Waals surface area (Å²) in [6.45, 7) is 3.92. The summed E-state index contributed by atoms with van der Waals surface area (Å²) in [6.07, 6.45) is 24.9. The molecule has 0 aliphatic carbocycles. The van der Waals surface area contributed by atoms with Crippen LogP contribution in [0, 0.1) is 0 Å². The number of allylic oxidation sites excluding steroid dienone is 4. The largest absolute Gasteiger partial charge is 0.394 e. The molecule has 0 aliphatic heterocycles. The minimum absolute atomic E-state index is 0.360. The Kier molecular flexibility index (Phi) is 25.5. The normalized spacial score (nSPS) is 15.3. The van der Waals surface area contributed by atoms with Gasteiger partial charge >= 0.3 is 0 Å². The quantitative estimate of drug-likeness (QED) is 0.0691. The van der Waals surface area contributed by atoms with Crippen LogP contribution < -0.4 is 5.32 Å². The lowest BCUT2D eigenvalue weighted by atomic mass is 10.00. The fraction of sp³-hybridized carbons (Fsp3) is 0.839. The molecular formula is C31H59NO5. The van der Waals surface area contributed by atoms with Gasteiger partial charge in [-0.25, -0.2) is 0 Å². The molecular weight excluding hydrogens is 466 g/mol. The second-order valence-corrected chi connectivity index (χ2v) is 10.4. The first-order valence-corrected chi connectivity index (χ1v) is 15.2. The van der Waals surface area contributed by atoms with Crippen LogP contribution in [0.4, 0.5) is 0 Å². The molecule has 0 aromatic carbocycles. The second kappa shape index (κ2) is 26.4. The van der Waals surface area contributed by atoms with E-state index < -0.39 is 36.9 Å². The monoisotopic (exact) mass is 525 g/mol. The van der Waals surface area contributed by atoms with E-state index in [9.17, 15) is 25.2 Å². The average molecular weight is 526 g/mol. The van der Waals surface area contributed by atoms with Crippen LogP contribution in [0.2, 0.25) is 0 Å². The van der Waals surface area contributed by atoms with Gasteiger partial charge in [0.05, 0.1) is 18.8 Å². The van der Waals surface area contributed by atoms with Gasteiger partial charge in [-0.15, -0.1) is 0 Å². The highest BCUT2D eigenvalue weighted by Gasteiger charge is 2.28. The molecule has 0 saturated carbocycles. The van der Waals surface area contributed by atoms with Gasteiger partial charge < -0.3 is 25.7 Å². The molecule has 0 spiro atoms. The van der Waals surface area contributed by atoms with E-state index in [4.69, 9.17) is 0 Å². The average Bonchev–Trinajstić information content (AvgIpc) is 2.90. The number of hydrogen-bond acceptors (Lipinski definition) is 5. The summed E-state index contributed by atoms with van der Waals surface area (Å²) >= 11 is 0. The maximum absolute atomic E-state index is 12.3. The smallest absolute Gasteiger partial charge is 0.249 e. The number of unbranched alkanes of at least 4 members (excludes halogenated alkanes) is 13. The number of rotatable bonds is 26. The van der Waals surface area contributed by atoms with E-state index in [1.54, 1.807) is 0 Å². The third-order valence-corrected chi connectivity index (χ3v) is 6.89. The number of aliphatic hydroxyl groups excluding tert-OH is 4. The topological polar surface area (TPSA) is 110 Å². The van der Waals surface area contributed by atoms with Crippen molar-refractivity contribution >= 4 is 5.91 Å². The molecule has 6 nitrogen and oxygen atoms in total. The molecule has 4 unspecified atom stereocenters. The molecule has 218 valence electrons.